The van der Waals surface area contributed by atoms with E-state index in [0.29, 0.717) is 0 Å². The molecule has 2 aromatic rings. The summed E-state index contributed by atoms with van der Waals surface area (Å²) in [6.07, 6.45) is 0. The van der Waals surface area contributed by atoms with Crippen LogP contribution in [-0.4, -0.2) is 5.91 Å². The summed E-state index contributed by atoms with van der Waals surface area (Å²) < 4.78 is 12.9. The van der Waals surface area contributed by atoms with Crippen molar-refractivity contribution in [3.05, 3.63) is 71.5 Å². The molecular formula is C18H20FNO. The van der Waals surface area contributed by atoms with Crippen molar-refractivity contribution in [1.82, 2.24) is 5.32 Å². The maximum absolute atomic E-state index is 12.9. The summed E-state index contributed by atoms with van der Waals surface area (Å²) >= 11 is 0. The van der Waals surface area contributed by atoms with Gasteiger partial charge in [-0.3, -0.25) is 4.79 Å². The summed E-state index contributed by atoms with van der Waals surface area (Å²) in [6.45, 7) is 5.69. The Kier molecular flexibility index (Phi) is 4.41. The van der Waals surface area contributed by atoms with Crippen molar-refractivity contribution in [2.24, 2.45) is 0 Å². The summed E-state index contributed by atoms with van der Waals surface area (Å²) in [6, 6.07) is 15.7. The van der Waals surface area contributed by atoms with Crippen molar-refractivity contribution in [3.8, 4) is 0 Å². The van der Waals surface area contributed by atoms with Crippen LogP contribution in [0.1, 0.15) is 37.9 Å². The lowest BCUT2D eigenvalue weighted by Gasteiger charge is -2.26. The van der Waals surface area contributed by atoms with Gasteiger partial charge in [-0.2, -0.15) is 0 Å². The second-order valence-electron chi connectivity index (χ2n) is 5.74. The molecule has 21 heavy (non-hydrogen) atoms. The fraction of sp³-hybridized carbons (Fsp3) is 0.278. The van der Waals surface area contributed by atoms with Gasteiger partial charge in [-0.1, -0.05) is 42.5 Å². The first-order valence-electron chi connectivity index (χ1n) is 7.03. The van der Waals surface area contributed by atoms with E-state index in [1.807, 2.05) is 51.1 Å². The van der Waals surface area contributed by atoms with E-state index in [2.05, 4.69) is 5.32 Å². The van der Waals surface area contributed by atoms with Gasteiger partial charge in [0, 0.05) is 0 Å². The lowest BCUT2D eigenvalue weighted by molar-refractivity contribution is -0.126. The van der Waals surface area contributed by atoms with E-state index in [9.17, 15) is 9.18 Å². The zero-order valence-electron chi connectivity index (χ0n) is 12.6. The molecule has 1 atom stereocenters. The van der Waals surface area contributed by atoms with Crippen LogP contribution in [0.5, 0.6) is 0 Å². The summed E-state index contributed by atoms with van der Waals surface area (Å²) in [5.74, 6) is -0.326. The van der Waals surface area contributed by atoms with E-state index >= 15 is 0 Å². The summed E-state index contributed by atoms with van der Waals surface area (Å²) in [4.78, 5) is 12.5. The molecule has 2 nitrogen and oxygen atoms in total. The zero-order valence-corrected chi connectivity index (χ0v) is 12.6. The van der Waals surface area contributed by atoms with Gasteiger partial charge in [-0.25, -0.2) is 4.39 Å². The zero-order chi connectivity index (χ0) is 15.5. The van der Waals surface area contributed by atoms with Gasteiger partial charge in [0.25, 0.3) is 0 Å². The van der Waals surface area contributed by atoms with Gasteiger partial charge in [0.2, 0.25) is 5.91 Å². The van der Waals surface area contributed by atoms with Crippen molar-refractivity contribution in [2.75, 3.05) is 0 Å². The Morgan fingerprint density at radius 2 is 1.62 bits per heavy atom. The Morgan fingerprint density at radius 3 is 2.19 bits per heavy atom. The molecule has 110 valence electrons. The molecule has 0 radical (unpaired) electrons. The highest BCUT2D eigenvalue weighted by Crippen LogP contribution is 2.24. The molecule has 0 aromatic heterocycles. The van der Waals surface area contributed by atoms with Crippen LogP contribution in [-0.2, 0) is 10.2 Å². The van der Waals surface area contributed by atoms with Crippen molar-refractivity contribution in [2.45, 2.75) is 32.2 Å². The number of hydrogen-bond acceptors (Lipinski definition) is 1. The minimum absolute atomic E-state index is 0.0504. The molecule has 2 aromatic carbocycles. The molecule has 0 bridgehead atoms. The monoisotopic (exact) mass is 285 g/mol. The molecule has 0 aliphatic rings. The maximum atomic E-state index is 12.9. The molecule has 0 saturated carbocycles. The molecule has 0 aliphatic carbocycles. The number of carbonyl (C=O) groups excluding carboxylic acids is 1. The number of nitrogens with one attached hydrogen (secondary N) is 1. The number of halogens is 1. The predicted molar refractivity (Wildman–Crippen MR) is 82.4 cm³/mol. The van der Waals surface area contributed by atoms with Crippen LogP contribution in [0.3, 0.4) is 0 Å². The van der Waals surface area contributed by atoms with Crippen molar-refractivity contribution >= 4 is 5.91 Å². The van der Waals surface area contributed by atoms with Crippen LogP contribution >= 0.6 is 0 Å². The van der Waals surface area contributed by atoms with Gasteiger partial charge in [-0.05, 0) is 44.0 Å². The fourth-order valence-electron chi connectivity index (χ4n) is 2.20. The van der Waals surface area contributed by atoms with Crippen molar-refractivity contribution in [3.63, 3.8) is 0 Å². The Balaban J connectivity index is 2.12. The Morgan fingerprint density at radius 1 is 1.05 bits per heavy atom. The van der Waals surface area contributed by atoms with E-state index in [1.54, 1.807) is 12.1 Å². The molecule has 0 fully saturated rings. The summed E-state index contributed by atoms with van der Waals surface area (Å²) in [7, 11) is 0. The molecule has 0 saturated heterocycles. The third-order valence-electron chi connectivity index (χ3n) is 3.78. The lowest BCUT2D eigenvalue weighted by atomic mass is 9.83. The lowest BCUT2D eigenvalue weighted by Crippen LogP contribution is -2.41. The number of hydrogen-bond donors (Lipinski definition) is 1. The Hall–Kier alpha value is -2.16. The topological polar surface area (TPSA) is 29.1 Å². The van der Waals surface area contributed by atoms with Crippen LogP contribution in [0.15, 0.2) is 54.6 Å². The largest absolute Gasteiger partial charge is 0.349 e. The third-order valence-corrected chi connectivity index (χ3v) is 3.78. The minimum Gasteiger partial charge on any atom is -0.349 e. The maximum Gasteiger partial charge on any atom is 0.230 e. The predicted octanol–water partition coefficient (Wildman–Crippen LogP) is 3.98. The van der Waals surface area contributed by atoms with Crippen molar-refractivity contribution < 1.29 is 9.18 Å². The normalized spacial score (nSPS) is 12.8. The average Bonchev–Trinajstić information content (AvgIpc) is 2.48. The molecule has 1 amide bonds. The molecule has 1 unspecified atom stereocenters. The minimum atomic E-state index is -0.616. The fourth-order valence-corrected chi connectivity index (χ4v) is 2.20. The highest BCUT2D eigenvalue weighted by molar-refractivity contribution is 5.87. The SMILES string of the molecule is CC(NC(=O)C(C)(C)c1ccccc1)c1ccc(F)cc1. The molecule has 3 heteroatoms. The van der Waals surface area contributed by atoms with Crippen LogP contribution in [0.4, 0.5) is 4.39 Å². The van der Waals surface area contributed by atoms with Crippen LogP contribution < -0.4 is 5.32 Å². The number of amides is 1. The second kappa shape index (κ2) is 6.08. The van der Waals surface area contributed by atoms with E-state index in [4.69, 9.17) is 0 Å². The van der Waals surface area contributed by atoms with Gasteiger partial charge in [0.15, 0.2) is 0 Å². The first-order chi connectivity index (χ1) is 9.91. The number of rotatable bonds is 4. The van der Waals surface area contributed by atoms with Gasteiger partial charge < -0.3 is 5.32 Å². The highest BCUT2D eigenvalue weighted by atomic mass is 19.1. The van der Waals surface area contributed by atoms with Crippen LogP contribution in [0.2, 0.25) is 0 Å². The molecular weight excluding hydrogens is 265 g/mol. The smallest absolute Gasteiger partial charge is 0.230 e. The first-order valence-corrected chi connectivity index (χ1v) is 7.03. The Labute approximate surface area is 125 Å². The highest BCUT2D eigenvalue weighted by Gasteiger charge is 2.30. The summed E-state index contributed by atoms with van der Waals surface area (Å²) in [5, 5.41) is 2.99. The number of carbonyl (C=O) groups is 1. The van der Waals surface area contributed by atoms with E-state index in [-0.39, 0.29) is 17.8 Å². The van der Waals surface area contributed by atoms with E-state index < -0.39 is 5.41 Å². The quantitative estimate of drug-likeness (QED) is 0.904. The van der Waals surface area contributed by atoms with E-state index in [0.717, 1.165) is 11.1 Å². The third kappa shape index (κ3) is 3.48. The Bertz CT molecular complexity index is 605. The van der Waals surface area contributed by atoms with Gasteiger partial charge in [0.1, 0.15) is 5.82 Å². The molecule has 0 aliphatic heterocycles. The molecule has 1 N–H and O–H groups in total. The molecule has 2 rings (SSSR count). The molecule has 0 heterocycles. The molecule has 0 spiro atoms. The van der Waals surface area contributed by atoms with Gasteiger partial charge >= 0.3 is 0 Å². The van der Waals surface area contributed by atoms with Gasteiger partial charge in [0.05, 0.1) is 11.5 Å². The summed E-state index contributed by atoms with van der Waals surface area (Å²) in [5.41, 5.74) is 1.23. The van der Waals surface area contributed by atoms with Crippen LogP contribution in [0, 0.1) is 5.82 Å². The van der Waals surface area contributed by atoms with Crippen molar-refractivity contribution in [1.29, 1.82) is 0 Å². The number of benzene rings is 2. The van der Waals surface area contributed by atoms with E-state index in [1.165, 1.54) is 12.1 Å². The average molecular weight is 285 g/mol. The first kappa shape index (κ1) is 15.2. The van der Waals surface area contributed by atoms with Gasteiger partial charge in [-0.15, -0.1) is 0 Å². The standard InChI is InChI=1S/C18H20FNO/c1-13(14-9-11-16(19)12-10-14)20-17(21)18(2,3)15-7-5-4-6-8-15/h4-13H,1-3H3,(H,20,21). The van der Waals surface area contributed by atoms with Crippen LogP contribution in [0.25, 0.3) is 0 Å². The second-order valence-corrected chi connectivity index (χ2v) is 5.74.